The van der Waals surface area contributed by atoms with Crippen LogP contribution < -0.4 is 0 Å². The molecule has 0 spiro atoms. The zero-order valence-corrected chi connectivity index (χ0v) is 20.2. The van der Waals surface area contributed by atoms with Gasteiger partial charge in [-0.1, -0.05) is 12.1 Å². The van der Waals surface area contributed by atoms with Crippen molar-refractivity contribution in [1.82, 2.24) is 4.57 Å². The fraction of sp³-hybridized carbons (Fsp3) is 0.304. The Morgan fingerprint density at radius 3 is 2.09 bits per heavy atom. The summed E-state index contributed by atoms with van der Waals surface area (Å²) in [6.45, 7) is 2.39. The minimum Gasteiger partial charge on any atom is -0.379 e. The predicted octanol–water partition coefficient (Wildman–Crippen LogP) is 3.53. The average Bonchev–Trinajstić information content (AvgIpc) is 3.06. The molecule has 0 aliphatic heterocycles. The molecule has 10 heteroatoms. The van der Waals surface area contributed by atoms with Gasteiger partial charge in [-0.25, -0.2) is 12.8 Å². The van der Waals surface area contributed by atoms with Crippen LogP contribution in [0.15, 0.2) is 59.5 Å². The summed E-state index contributed by atoms with van der Waals surface area (Å²) < 4.78 is 71.3. The van der Waals surface area contributed by atoms with E-state index < -0.39 is 20.0 Å². The molecule has 0 bridgehead atoms. The molecule has 0 saturated carbocycles. The summed E-state index contributed by atoms with van der Waals surface area (Å²) in [7, 11) is -6.81. The van der Waals surface area contributed by atoms with Crippen molar-refractivity contribution in [2.45, 2.75) is 18.2 Å². The lowest BCUT2D eigenvalue weighted by Gasteiger charge is -2.13. The molecular weight excluding hydrogens is 469 g/mol. The van der Waals surface area contributed by atoms with Crippen molar-refractivity contribution in [3.63, 3.8) is 0 Å². The minimum absolute atomic E-state index is 0.0493. The van der Waals surface area contributed by atoms with Gasteiger partial charge < -0.3 is 9.30 Å². The van der Waals surface area contributed by atoms with Gasteiger partial charge in [-0.15, -0.1) is 0 Å². The van der Waals surface area contributed by atoms with Crippen LogP contribution in [0.5, 0.6) is 0 Å². The Morgan fingerprint density at radius 2 is 1.52 bits per heavy atom. The normalized spacial score (nSPS) is 12.2. The Balaban J connectivity index is 1.87. The Labute approximate surface area is 193 Å². The molecule has 0 atom stereocenters. The van der Waals surface area contributed by atoms with Gasteiger partial charge in [-0.05, 0) is 66.9 Å². The molecule has 0 N–H and O–H groups in total. The highest BCUT2D eigenvalue weighted by molar-refractivity contribution is 7.90. The summed E-state index contributed by atoms with van der Waals surface area (Å²) in [5.74, 6) is -0.340. The second-order valence-corrected chi connectivity index (χ2v) is 11.3. The fourth-order valence-electron chi connectivity index (χ4n) is 3.45. The number of rotatable bonds is 10. The first kappa shape index (κ1) is 25.1. The molecule has 0 aliphatic rings. The van der Waals surface area contributed by atoms with Crippen molar-refractivity contribution >= 4 is 20.0 Å². The van der Waals surface area contributed by atoms with Crippen LogP contribution in [0.2, 0.25) is 0 Å². The first-order valence-corrected chi connectivity index (χ1v) is 13.9. The predicted molar refractivity (Wildman–Crippen MR) is 124 cm³/mol. The summed E-state index contributed by atoms with van der Waals surface area (Å²) in [6.07, 6.45) is 2.71. The molecule has 0 aliphatic carbocycles. The van der Waals surface area contributed by atoms with Crippen LogP contribution in [0.25, 0.3) is 16.9 Å². The second-order valence-electron chi connectivity index (χ2n) is 7.64. The number of nitrogens with zero attached hydrogens (tertiary/aromatic N) is 1. The lowest BCUT2D eigenvalue weighted by atomic mass is 10.1. The van der Waals surface area contributed by atoms with E-state index >= 15 is 0 Å². The third kappa shape index (κ3) is 6.73. The molecule has 178 valence electrons. The van der Waals surface area contributed by atoms with Crippen LogP contribution in [0, 0.1) is 12.7 Å². The number of aromatic nitrogens is 1. The minimum atomic E-state index is -3.50. The van der Waals surface area contributed by atoms with E-state index in [4.69, 9.17) is 4.74 Å². The van der Waals surface area contributed by atoms with E-state index in [-0.39, 0.29) is 23.9 Å². The van der Waals surface area contributed by atoms with Gasteiger partial charge in [0.1, 0.15) is 5.82 Å². The summed E-state index contributed by atoms with van der Waals surface area (Å²) in [5, 5.41) is 0. The van der Waals surface area contributed by atoms with Gasteiger partial charge in [-0.2, -0.15) is 8.42 Å². The number of sulfone groups is 1. The quantitative estimate of drug-likeness (QED) is 0.316. The van der Waals surface area contributed by atoms with Crippen LogP contribution in [0.4, 0.5) is 4.39 Å². The van der Waals surface area contributed by atoms with E-state index in [0.29, 0.717) is 13.0 Å². The largest absolute Gasteiger partial charge is 0.379 e. The molecule has 0 fully saturated rings. The molecule has 0 saturated heterocycles. The Hall–Kier alpha value is -2.53. The first-order chi connectivity index (χ1) is 15.5. The number of hydrogen-bond donors (Lipinski definition) is 0. The van der Waals surface area contributed by atoms with E-state index in [1.165, 1.54) is 12.1 Å². The maximum absolute atomic E-state index is 13.5. The van der Waals surface area contributed by atoms with Crippen molar-refractivity contribution < 1.29 is 30.1 Å². The van der Waals surface area contributed by atoms with E-state index in [9.17, 15) is 21.2 Å². The third-order valence-corrected chi connectivity index (χ3v) is 6.78. The molecule has 2 aromatic carbocycles. The van der Waals surface area contributed by atoms with Gasteiger partial charge in [0.05, 0.1) is 36.7 Å². The van der Waals surface area contributed by atoms with E-state index in [1.54, 1.807) is 36.4 Å². The van der Waals surface area contributed by atoms with Crippen LogP contribution in [-0.4, -0.2) is 53.7 Å². The Kier molecular flexibility index (Phi) is 7.73. The van der Waals surface area contributed by atoms with Crippen molar-refractivity contribution in [3.8, 4) is 16.9 Å². The molecule has 0 amide bonds. The average molecular weight is 496 g/mol. The van der Waals surface area contributed by atoms with Gasteiger partial charge in [0.2, 0.25) is 0 Å². The zero-order chi connectivity index (χ0) is 24.2. The second kappa shape index (κ2) is 10.2. The van der Waals surface area contributed by atoms with Gasteiger partial charge in [0.15, 0.2) is 9.84 Å². The van der Waals surface area contributed by atoms with Crippen LogP contribution in [-0.2, 0) is 35.3 Å². The maximum Gasteiger partial charge on any atom is 0.264 e. The van der Waals surface area contributed by atoms with Crippen molar-refractivity contribution in [2.24, 2.45) is 0 Å². The summed E-state index contributed by atoms with van der Waals surface area (Å²) in [5.41, 5.74) is 4.33. The van der Waals surface area contributed by atoms with Gasteiger partial charge >= 0.3 is 0 Å². The monoisotopic (exact) mass is 495 g/mol. The topological polar surface area (TPSA) is 91.7 Å². The highest BCUT2D eigenvalue weighted by atomic mass is 32.2. The fourth-order valence-corrected chi connectivity index (χ4v) is 4.45. The smallest absolute Gasteiger partial charge is 0.264 e. The number of benzene rings is 2. The SMILES string of the molecule is Cc1c(CCOCCOS(C)(=O)=O)cc(-c2ccc(S(C)(=O)=O)cc2)n1-c1ccc(F)cc1. The lowest BCUT2D eigenvalue weighted by Crippen LogP contribution is -2.11. The van der Waals surface area contributed by atoms with Gasteiger partial charge in [-0.3, -0.25) is 4.18 Å². The Bertz CT molecular complexity index is 1310. The lowest BCUT2D eigenvalue weighted by molar-refractivity contribution is 0.105. The molecule has 1 aromatic heterocycles. The maximum atomic E-state index is 13.5. The molecular formula is C23H26FNO6S2. The Morgan fingerprint density at radius 1 is 0.879 bits per heavy atom. The molecule has 3 aromatic rings. The number of halogens is 1. The van der Waals surface area contributed by atoms with Crippen molar-refractivity contribution in [2.75, 3.05) is 32.3 Å². The van der Waals surface area contributed by atoms with E-state index in [0.717, 1.165) is 40.7 Å². The molecule has 3 rings (SSSR count). The third-order valence-electron chi connectivity index (χ3n) is 5.06. The highest BCUT2D eigenvalue weighted by Crippen LogP contribution is 2.30. The van der Waals surface area contributed by atoms with E-state index in [1.807, 2.05) is 17.6 Å². The summed E-state index contributed by atoms with van der Waals surface area (Å²) >= 11 is 0. The molecule has 7 nitrogen and oxygen atoms in total. The molecule has 0 radical (unpaired) electrons. The number of hydrogen-bond acceptors (Lipinski definition) is 6. The highest BCUT2D eigenvalue weighted by Gasteiger charge is 2.16. The summed E-state index contributed by atoms with van der Waals surface area (Å²) in [6, 6.07) is 14.7. The van der Waals surface area contributed by atoms with E-state index in [2.05, 4.69) is 4.18 Å². The van der Waals surface area contributed by atoms with Crippen LogP contribution >= 0.6 is 0 Å². The molecule has 33 heavy (non-hydrogen) atoms. The molecule has 0 unspecified atom stereocenters. The standard InChI is InChI=1S/C23H26FNO6S2/c1-17-19(12-13-30-14-15-31-33(3,28)29)16-23(25(17)21-8-6-20(24)7-9-21)18-4-10-22(11-5-18)32(2,26)27/h4-11,16H,12-15H2,1-3H3. The molecule has 1 heterocycles. The van der Waals surface area contributed by atoms with Gasteiger partial charge in [0, 0.05) is 17.6 Å². The first-order valence-electron chi connectivity index (χ1n) is 10.2. The zero-order valence-electron chi connectivity index (χ0n) is 18.6. The van der Waals surface area contributed by atoms with Crippen molar-refractivity contribution in [1.29, 1.82) is 0 Å². The van der Waals surface area contributed by atoms with Crippen molar-refractivity contribution in [3.05, 3.63) is 71.7 Å². The van der Waals surface area contributed by atoms with Crippen LogP contribution in [0.1, 0.15) is 11.3 Å². The van der Waals surface area contributed by atoms with Crippen LogP contribution in [0.3, 0.4) is 0 Å². The number of ether oxygens (including phenoxy) is 1. The summed E-state index contributed by atoms with van der Waals surface area (Å²) in [4.78, 5) is 0.229. The van der Waals surface area contributed by atoms with Gasteiger partial charge in [0.25, 0.3) is 10.1 Å².